The van der Waals surface area contributed by atoms with Crippen molar-refractivity contribution in [2.45, 2.75) is 33.6 Å². The molecule has 0 bridgehead atoms. The van der Waals surface area contributed by atoms with Crippen molar-refractivity contribution < 1.29 is 4.79 Å². The number of aromatic nitrogens is 2. The van der Waals surface area contributed by atoms with Crippen LogP contribution in [0.3, 0.4) is 0 Å². The van der Waals surface area contributed by atoms with Crippen LogP contribution in [-0.4, -0.2) is 22.4 Å². The van der Waals surface area contributed by atoms with E-state index in [4.69, 9.17) is 0 Å². The van der Waals surface area contributed by atoms with Gasteiger partial charge in [-0.15, -0.1) is 0 Å². The summed E-state index contributed by atoms with van der Waals surface area (Å²) in [5.41, 5.74) is 2.48. The summed E-state index contributed by atoms with van der Waals surface area (Å²) in [5, 5.41) is 6.12. The fourth-order valence-electron chi connectivity index (χ4n) is 2.07. The lowest BCUT2D eigenvalue weighted by molar-refractivity contribution is 0.0948. The number of para-hydroxylation sites is 1. The zero-order valence-corrected chi connectivity index (χ0v) is 13.3. The molecular weight excluding hydrogens is 276 g/mol. The van der Waals surface area contributed by atoms with Crippen LogP contribution in [0.2, 0.25) is 0 Å². The molecular formula is C17H22N4O. The molecule has 1 amide bonds. The van der Waals surface area contributed by atoms with Gasteiger partial charge in [-0.05, 0) is 31.9 Å². The molecule has 0 spiro atoms. The molecule has 0 fully saturated rings. The standard InChI is InChI=1S/C17H22N4O/c1-4-5-10-18-17(22)15-11-16(20-13(3)19-15)21-14-9-7-6-8-12(14)2/h6-9,11H,4-5,10H2,1-3H3,(H,18,22)(H,19,20,21). The highest BCUT2D eigenvalue weighted by Gasteiger charge is 2.10. The van der Waals surface area contributed by atoms with Crippen molar-refractivity contribution in [1.29, 1.82) is 0 Å². The minimum Gasteiger partial charge on any atom is -0.351 e. The fraction of sp³-hybridized carbons (Fsp3) is 0.353. The first kappa shape index (κ1) is 15.9. The van der Waals surface area contributed by atoms with Gasteiger partial charge in [-0.3, -0.25) is 4.79 Å². The first-order chi connectivity index (χ1) is 10.6. The summed E-state index contributed by atoms with van der Waals surface area (Å²) < 4.78 is 0. The van der Waals surface area contributed by atoms with Crippen molar-refractivity contribution in [3.63, 3.8) is 0 Å². The quantitative estimate of drug-likeness (QED) is 0.802. The molecule has 0 atom stereocenters. The summed E-state index contributed by atoms with van der Waals surface area (Å²) in [6, 6.07) is 9.63. The maximum absolute atomic E-state index is 12.1. The van der Waals surface area contributed by atoms with E-state index in [1.165, 1.54) is 0 Å². The lowest BCUT2D eigenvalue weighted by atomic mass is 10.2. The van der Waals surface area contributed by atoms with Crippen molar-refractivity contribution in [1.82, 2.24) is 15.3 Å². The molecule has 0 aliphatic heterocycles. The summed E-state index contributed by atoms with van der Waals surface area (Å²) >= 11 is 0. The lowest BCUT2D eigenvalue weighted by Crippen LogP contribution is -2.25. The number of nitrogens with zero attached hydrogens (tertiary/aromatic N) is 2. The predicted molar refractivity (Wildman–Crippen MR) is 88.5 cm³/mol. The van der Waals surface area contributed by atoms with Crippen molar-refractivity contribution in [2.75, 3.05) is 11.9 Å². The first-order valence-corrected chi connectivity index (χ1v) is 7.56. The second-order valence-corrected chi connectivity index (χ2v) is 5.24. The monoisotopic (exact) mass is 298 g/mol. The smallest absolute Gasteiger partial charge is 0.270 e. The molecule has 2 aromatic rings. The van der Waals surface area contributed by atoms with Crippen LogP contribution in [0.15, 0.2) is 30.3 Å². The third-order valence-corrected chi connectivity index (χ3v) is 3.29. The van der Waals surface area contributed by atoms with E-state index in [1.54, 1.807) is 13.0 Å². The molecule has 5 heteroatoms. The van der Waals surface area contributed by atoms with E-state index in [2.05, 4.69) is 27.5 Å². The van der Waals surface area contributed by atoms with Crippen molar-refractivity contribution >= 4 is 17.4 Å². The number of hydrogen-bond acceptors (Lipinski definition) is 4. The van der Waals surface area contributed by atoms with Crippen molar-refractivity contribution in [2.24, 2.45) is 0 Å². The van der Waals surface area contributed by atoms with Crippen LogP contribution in [0.4, 0.5) is 11.5 Å². The van der Waals surface area contributed by atoms with Crippen LogP contribution in [0.1, 0.15) is 41.6 Å². The van der Waals surface area contributed by atoms with Gasteiger partial charge in [-0.2, -0.15) is 0 Å². The van der Waals surface area contributed by atoms with Crippen LogP contribution < -0.4 is 10.6 Å². The minimum absolute atomic E-state index is 0.160. The molecule has 22 heavy (non-hydrogen) atoms. The number of rotatable bonds is 6. The molecule has 0 saturated carbocycles. The molecule has 2 N–H and O–H groups in total. The Bertz CT molecular complexity index is 655. The van der Waals surface area contributed by atoms with Gasteiger partial charge in [-0.1, -0.05) is 31.5 Å². The van der Waals surface area contributed by atoms with Gasteiger partial charge in [0, 0.05) is 18.3 Å². The summed E-state index contributed by atoms with van der Waals surface area (Å²) in [7, 11) is 0. The molecule has 0 aliphatic carbocycles. The molecule has 1 heterocycles. The van der Waals surface area contributed by atoms with E-state index in [-0.39, 0.29) is 5.91 Å². The van der Waals surface area contributed by atoms with Crippen LogP contribution >= 0.6 is 0 Å². The van der Waals surface area contributed by atoms with E-state index >= 15 is 0 Å². The van der Waals surface area contributed by atoms with Crippen LogP contribution in [-0.2, 0) is 0 Å². The van der Waals surface area contributed by atoms with Crippen LogP contribution in [0.25, 0.3) is 0 Å². The third-order valence-electron chi connectivity index (χ3n) is 3.29. The molecule has 0 radical (unpaired) electrons. The molecule has 2 rings (SSSR count). The van der Waals surface area contributed by atoms with Gasteiger partial charge in [0.25, 0.3) is 5.91 Å². The largest absolute Gasteiger partial charge is 0.351 e. The highest BCUT2D eigenvalue weighted by molar-refractivity contribution is 5.93. The summed E-state index contributed by atoms with van der Waals surface area (Å²) in [6.45, 7) is 6.56. The van der Waals surface area contributed by atoms with E-state index in [0.29, 0.717) is 23.9 Å². The Hall–Kier alpha value is -2.43. The molecule has 116 valence electrons. The number of hydrogen-bond donors (Lipinski definition) is 2. The van der Waals surface area contributed by atoms with Gasteiger partial charge >= 0.3 is 0 Å². The van der Waals surface area contributed by atoms with Gasteiger partial charge < -0.3 is 10.6 Å². The molecule has 0 saturated heterocycles. The fourth-order valence-corrected chi connectivity index (χ4v) is 2.07. The summed E-state index contributed by atoms with van der Waals surface area (Å²) in [4.78, 5) is 20.7. The van der Waals surface area contributed by atoms with E-state index in [9.17, 15) is 4.79 Å². The highest BCUT2D eigenvalue weighted by Crippen LogP contribution is 2.19. The molecule has 1 aromatic heterocycles. The number of unbranched alkanes of at least 4 members (excludes halogenated alkanes) is 1. The van der Waals surface area contributed by atoms with Crippen LogP contribution in [0, 0.1) is 13.8 Å². The second-order valence-electron chi connectivity index (χ2n) is 5.24. The number of amides is 1. The molecule has 1 aromatic carbocycles. The average Bonchev–Trinajstić information content (AvgIpc) is 2.49. The predicted octanol–water partition coefficient (Wildman–Crippen LogP) is 3.37. The van der Waals surface area contributed by atoms with Crippen molar-refractivity contribution in [3.8, 4) is 0 Å². The Balaban J connectivity index is 2.16. The van der Waals surface area contributed by atoms with Gasteiger partial charge in [0.2, 0.25) is 0 Å². The average molecular weight is 298 g/mol. The summed E-state index contributed by atoms with van der Waals surface area (Å²) in [6.07, 6.45) is 2.01. The van der Waals surface area contributed by atoms with E-state index in [1.807, 2.05) is 31.2 Å². The molecule has 5 nitrogen and oxygen atoms in total. The van der Waals surface area contributed by atoms with Gasteiger partial charge in [-0.25, -0.2) is 9.97 Å². The van der Waals surface area contributed by atoms with Gasteiger partial charge in [0.1, 0.15) is 17.3 Å². The Labute approximate surface area is 131 Å². The zero-order chi connectivity index (χ0) is 15.9. The van der Waals surface area contributed by atoms with Gasteiger partial charge in [0.05, 0.1) is 0 Å². The maximum Gasteiger partial charge on any atom is 0.270 e. The SMILES string of the molecule is CCCCNC(=O)c1cc(Nc2ccccc2C)nc(C)n1. The third kappa shape index (κ3) is 4.28. The van der Waals surface area contributed by atoms with E-state index in [0.717, 1.165) is 24.1 Å². The number of nitrogens with one attached hydrogen (secondary N) is 2. The minimum atomic E-state index is -0.160. The number of carbonyl (C=O) groups excluding carboxylic acids is 1. The Morgan fingerprint density at radius 2 is 1.95 bits per heavy atom. The number of aryl methyl sites for hydroxylation is 2. The zero-order valence-electron chi connectivity index (χ0n) is 13.3. The number of carbonyl (C=O) groups is 1. The van der Waals surface area contributed by atoms with Gasteiger partial charge in [0.15, 0.2) is 0 Å². The Morgan fingerprint density at radius 3 is 2.68 bits per heavy atom. The van der Waals surface area contributed by atoms with Crippen LogP contribution in [0.5, 0.6) is 0 Å². The number of anilines is 2. The Kier molecular flexibility index (Phi) is 5.47. The Morgan fingerprint density at radius 1 is 1.18 bits per heavy atom. The molecule has 0 unspecified atom stereocenters. The maximum atomic E-state index is 12.1. The number of benzene rings is 1. The normalized spacial score (nSPS) is 10.3. The van der Waals surface area contributed by atoms with E-state index < -0.39 is 0 Å². The van der Waals surface area contributed by atoms with Crippen molar-refractivity contribution in [3.05, 3.63) is 47.4 Å². The summed E-state index contributed by atoms with van der Waals surface area (Å²) in [5.74, 6) is 1.04. The second kappa shape index (κ2) is 7.54. The lowest BCUT2D eigenvalue weighted by Gasteiger charge is -2.10. The molecule has 0 aliphatic rings. The topological polar surface area (TPSA) is 66.9 Å². The first-order valence-electron chi connectivity index (χ1n) is 7.56. The highest BCUT2D eigenvalue weighted by atomic mass is 16.1.